The van der Waals surface area contributed by atoms with Crippen LogP contribution in [0.4, 0.5) is 5.82 Å². The average Bonchev–Trinajstić information content (AvgIpc) is 2.78. The van der Waals surface area contributed by atoms with Crippen LogP contribution in [0, 0.1) is 0 Å². The van der Waals surface area contributed by atoms with Gasteiger partial charge in [0.1, 0.15) is 5.82 Å². The zero-order chi connectivity index (χ0) is 12.8. The van der Waals surface area contributed by atoms with Crippen molar-refractivity contribution < 1.29 is 4.74 Å². The van der Waals surface area contributed by atoms with Crippen LogP contribution in [0.5, 0.6) is 0 Å². The molecule has 0 aliphatic carbocycles. The first-order valence-electron chi connectivity index (χ1n) is 6.74. The van der Waals surface area contributed by atoms with E-state index in [1.165, 1.54) is 0 Å². The summed E-state index contributed by atoms with van der Waals surface area (Å²) in [6.45, 7) is 10.0. The molecular formula is C12H23N5O. The van der Waals surface area contributed by atoms with Crippen molar-refractivity contribution in [3.05, 3.63) is 6.20 Å². The van der Waals surface area contributed by atoms with Crippen molar-refractivity contribution in [1.82, 2.24) is 19.9 Å². The molecule has 2 rings (SSSR count). The molecule has 1 saturated heterocycles. The molecule has 1 aliphatic rings. The Kier molecular flexibility index (Phi) is 4.95. The van der Waals surface area contributed by atoms with Crippen LogP contribution in [-0.2, 0) is 11.3 Å². The van der Waals surface area contributed by atoms with E-state index in [9.17, 15) is 0 Å². The number of aryl methyl sites for hydroxylation is 1. The van der Waals surface area contributed by atoms with Gasteiger partial charge in [0.2, 0.25) is 0 Å². The Morgan fingerprint density at radius 1 is 1.44 bits per heavy atom. The molecule has 6 nitrogen and oxygen atoms in total. The summed E-state index contributed by atoms with van der Waals surface area (Å²) < 4.78 is 7.28. The molecule has 1 N–H and O–H groups in total. The molecule has 0 bridgehead atoms. The Bertz CT molecular complexity index is 348. The number of anilines is 1. The smallest absolute Gasteiger partial charge is 0.145 e. The molecule has 0 saturated carbocycles. The summed E-state index contributed by atoms with van der Waals surface area (Å²) in [4.78, 5) is 2.43. The van der Waals surface area contributed by atoms with E-state index in [1.54, 1.807) is 6.20 Å². The molecule has 1 aliphatic heterocycles. The summed E-state index contributed by atoms with van der Waals surface area (Å²) in [7, 11) is 0. The molecule has 0 radical (unpaired) electrons. The maximum Gasteiger partial charge on any atom is 0.145 e. The average molecular weight is 253 g/mol. The summed E-state index contributed by atoms with van der Waals surface area (Å²) in [5.41, 5.74) is 0. The number of aromatic nitrogens is 3. The predicted octanol–water partition coefficient (Wildman–Crippen LogP) is 0.821. The maximum atomic E-state index is 5.35. The fraction of sp³-hybridized carbons (Fsp3) is 0.833. The maximum absolute atomic E-state index is 5.35. The van der Waals surface area contributed by atoms with Gasteiger partial charge in [0, 0.05) is 32.2 Å². The number of nitrogens with one attached hydrogen (secondary N) is 1. The van der Waals surface area contributed by atoms with E-state index < -0.39 is 0 Å². The fourth-order valence-corrected chi connectivity index (χ4v) is 2.22. The normalized spacial score (nSPS) is 18.8. The van der Waals surface area contributed by atoms with Crippen LogP contribution in [0.2, 0.25) is 0 Å². The van der Waals surface area contributed by atoms with Crippen molar-refractivity contribution in [1.29, 1.82) is 0 Å². The highest BCUT2D eigenvalue weighted by Crippen LogP contribution is 2.08. The molecule has 1 aromatic heterocycles. The summed E-state index contributed by atoms with van der Waals surface area (Å²) in [6.07, 6.45) is 2.86. The van der Waals surface area contributed by atoms with Crippen molar-refractivity contribution in [2.45, 2.75) is 32.9 Å². The molecule has 18 heavy (non-hydrogen) atoms. The van der Waals surface area contributed by atoms with Gasteiger partial charge in [-0.25, -0.2) is 4.68 Å². The van der Waals surface area contributed by atoms with Gasteiger partial charge >= 0.3 is 0 Å². The molecule has 0 amide bonds. The molecule has 0 spiro atoms. The minimum atomic E-state index is 0.386. The lowest BCUT2D eigenvalue weighted by atomic mass is 10.3. The number of nitrogens with zero attached hydrogens (tertiary/aromatic N) is 4. The molecule has 1 aromatic rings. The van der Waals surface area contributed by atoms with Crippen molar-refractivity contribution >= 4 is 5.82 Å². The number of morpholine rings is 1. The van der Waals surface area contributed by atoms with Gasteiger partial charge in [-0.3, -0.25) is 4.90 Å². The second-order valence-electron chi connectivity index (χ2n) is 4.80. The SMILES string of the molecule is CCCn1nncc1NC(C)CN1CCOCC1. The number of rotatable bonds is 6. The highest BCUT2D eigenvalue weighted by atomic mass is 16.5. The zero-order valence-corrected chi connectivity index (χ0v) is 11.3. The summed E-state index contributed by atoms with van der Waals surface area (Å²) in [5, 5.41) is 11.5. The third-order valence-corrected chi connectivity index (χ3v) is 3.08. The fourth-order valence-electron chi connectivity index (χ4n) is 2.22. The minimum absolute atomic E-state index is 0.386. The second kappa shape index (κ2) is 6.70. The van der Waals surface area contributed by atoms with Crippen LogP contribution >= 0.6 is 0 Å². The van der Waals surface area contributed by atoms with Crippen LogP contribution in [0.25, 0.3) is 0 Å². The highest BCUT2D eigenvalue weighted by Gasteiger charge is 2.14. The van der Waals surface area contributed by atoms with E-state index in [0.29, 0.717) is 6.04 Å². The molecule has 2 heterocycles. The molecule has 0 aromatic carbocycles. The summed E-state index contributed by atoms with van der Waals surface area (Å²) in [6, 6.07) is 0.386. The lowest BCUT2D eigenvalue weighted by Gasteiger charge is -2.29. The zero-order valence-electron chi connectivity index (χ0n) is 11.3. The van der Waals surface area contributed by atoms with Gasteiger partial charge in [0.15, 0.2) is 0 Å². The predicted molar refractivity (Wildman–Crippen MR) is 70.7 cm³/mol. The van der Waals surface area contributed by atoms with E-state index in [2.05, 4.69) is 34.4 Å². The van der Waals surface area contributed by atoms with E-state index in [4.69, 9.17) is 4.74 Å². The Morgan fingerprint density at radius 3 is 2.94 bits per heavy atom. The Hall–Kier alpha value is -1.14. The van der Waals surface area contributed by atoms with Gasteiger partial charge in [-0.1, -0.05) is 12.1 Å². The van der Waals surface area contributed by atoms with Crippen molar-refractivity contribution in [2.24, 2.45) is 0 Å². The highest BCUT2D eigenvalue weighted by molar-refractivity contribution is 5.32. The van der Waals surface area contributed by atoms with E-state index in [1.807, 2.05) is 4.68 Å². The van der Waals surface area contributed by atoms with Gasteiger partial charge in [-0.15, -0.1) is 5.10 Å². The molecule has 1 unspecified atom stereocenters. The van der Waals surface area contributed by atoms with Crippen molar-refractivity contribution in [3.63, 3.8) is 0 Å². The first-order chi connectivity index (χ1) is 8.79. The van der Waals surface area contributed by atoms with Crippen LogP contribution in [0.3, 0.4) is 0 Å². The molecule has 6 heteroatoms. The topological polar surface area (TPSA) is 55.2 Å². The first-order valence-corrected chi connectivity index (χ1v) is 6.74. The molecule has 1 atom stereocenters. The van der Waals surface area contributed by atoms with Crippen molar-refractivity contribution in [3.8, 4) is 0 Å². The minimum Gasteiger partial charge on any atom is -0.379 e. The van der Waals surface area contributed by atoms with Crippen molar-refractivity contribution in [2.75, 3.05) is 38.2 Å². The van der Waals surface area contributed by atoms with Gasteiger partial charge in [0.05, 0.1) is 19.4 Å². The van der Waals surface area contributed by atoms with Crippen LogP contribution in [-0.4, -0.2) is 58.8 Å². The van der Waals surface area contributed by atoms with Crippen LogP contribution in [0.1, 0.15) is 20.3 Å². The lowest BCUT2D eigenvalue weighted by Crippen LogP contribution is -2.42. The molecule has 1 fully saturated rings. The molecule has 102 valence electrons. The number of hydrogen-bond acceptors (Lipinski definition) is 5. The van der Waals surface area contributed by atoms with Crippen LogP contribution in [0.15, 0.2) is 6.20 Å². The lowest BCUT2D eigenvalue weighted by molar-refractivity contribution is 0.0368. The van der Waals surface area contributed by atoms with E-state index in [-0.39, 0.29) is 0 Å². The Balaban J connectivity index is 1.82. The van der Waals surface area contributed by atoms with Crippen LogP contribution < -0.4 is 5.32 Å². The summed E-state index contributed by atoms with van der Waals surface area (Å²) in [5.74, 6) is 1.01. The van der Waals surface area contributed by atoms with Gasteiger partial charge in [0.25, 0.3) is 0 Å². The first kappa shape index (κ1) is 13.3. The second-order valence-corrected chi connectivity index (χ2v) is 4.80. The van der Waals surface area contributed by atoms with Gasteiger partial charge < -0.3 is 10.1 Å². The number of ether oxygens (including phenoxy) is 1. The third-order valence-electron chi connectivity index (χ3n) is 3.08. The van der Waals surface area contributed by atoms with E-state index >= 15 is 0 Å². The largest absolute Gasteiger partial charge is 0.379 e. The summed E-state index contributed by atoms with van der Waals surface area (Å²) >= 11 is 0. The van der Waals surface area contributed by atoms with Gasteiger partial charge in [-0.05, 0) is 13.3 Å². The van der Waals surface area contributed by atoms with Gasteiger partial charge in [-0.2, -0.15) is 0 Å². The number of hydrogen-bond donors (Lipinski definition) is 1. The Morgan fingerprint density at radius 2 is 2.22 bits per heavy atom. The standard InChI is InChI=1S/C12H23N5O/c1-3-4-17-12(9-13-15-17)14-11(2)10-16-5-7-18-8-6-16/h9,11,14H,3-8,10H2,1-2H3. The monoisotopic (exact) mass is 253 g/mol. The quantitative estimate of drug-likeness (QED) is 0.813. The Labute approximate surface area is 108 Å². The molecular weight excluding hydrogens is 230 g/mol. The van der Waals surface area contributed by atoms with E-state index in [0.717, 1.165) is 51.6 Å². The third kappa shape index (κ3) is 3.68.